The molecule has 1 aromatic carbocycles. The summed E-state index contributed by atoms with van der Waals surface area (Å²) < 4.78 is 13.6. The topological polar surface area (TPSA) is 58.4 Å². The average molecular weight is 293 g/mol. The van der Waals surface area contributed by atoms with E-state index in [0.29, 0.717) is 0 Å². The molecule has 116 valence electrons. The lowest BCUT2D eigenvalue weighted by Crippen LogP contribution is -2.65. The summed E-state index contributed by atoms with van der Waals surface area (Å²) in [5, 5.41) is 0. The smallest absolute Gasteiger partial charge is 0.259 e. The molecule has 1 heterocycles. The van der Waals surface area contributed by atoms with Crippen molar-refractivity contribution in [3.05, 3.63) is 29.6 Å². The van der Waals surface area contributed by atoms with Gasteiger partial charge in [-0.3, -0.25) is 10.2 Å². The van der Waals surface area contributed by atoms with Gasteiger partial charge in [0.1, 0.15) is 11.4 Å². The lowest BCUT2D eigenvalue weighted by atomic mass is 9.77. The zero-order valence-corrected chi connectivity index (χ0v) is 13.3. The number of benzene rings is 1. The van der Waals surface area contributed by atoms with Gasteiger partial charge in [-0.05, 0) is 63.8 Å². The molecule has 0 bridgehead atoms. The highest BCUT2D eigenvalue weighted by atomic mass is 19.1. The summed E-state index contributed by atoms with van der Waals surface area (Å²) in [5.74, 6) is 5.06. The highest BCUT2D eigenvalue weighted by Crippen LogP contribution is 2.46. The second-order valence-electron chi connectivity index (χ2n) is 6.99. The van der Waals surface area contributed by atoms with E-state index in [1.54, 1.807) is 12.1 Å². The molecule has 5 heteroatoms. The van der Waals surface area contributed by atoms with Crippen molar-refractivity contribution in [3.63, 3.8) is 0 Å². The SMILES string of the molecule is C[C@H]1CC(C)(C)N(C(C)(C)C(=O)NN)c2ccc(F)cc21. The van der Waals surface area contributed by atoms with E-state index in [1.807, 2.05) is 13.8 Å². The van der Waals surface area contributed by atoms with Crippen molar-refractivity contribution < 1.29 is 9.18 Å². The molecule has 0 unspecified atom stereocenters. The summed E-state index contributed by atoms with van der Waals surface area (Å²) in [6.07, 6.45) is 0.838. The lowest BCUT2D eigenvalue weighted by Gasteiger charge is -2.54. The van der Waals surface area contributed by atoms with Crippen molar-refractivity contribution in [2.24, 2.45) is 5.84 Å². The lowest BCUT2D eigenvalue weighted by molar-refractivity contribution is -0.126. The molecule has 0 saturated carbocycles. The van der Waals surface area contributed by atoms with Crippen molar-refractivity contribution in [2.75, 3.05) is 4.90 Å². The first-order chi connectivity index (χ1) is 9.61. The van der Waals surface area contributed by atoms with E-state index in [0.717, 1.165) is 17.7 Å². The van der Waals surface area contributed by atoms with Gasteiger partial charge in [0.25, 0.3) is 5.91 Å². The zero-order chi connectivity index (χ0) is 16.0. The largest absolute Gasteiger partial charge is 0.352 e. The summed E-state index contributed by atoms with van der Waals surface area (Å²) in [5.41, 5.74) is 3.01. The molecule has 1 aromatic rings. The average Bonchev–Trinajstić information content (AvgIpc) is 2.37. The molecule has 0 saturated heterocycles. The maximum atomic E-state index is 13.6. The molecular weight excluding hydrogens is 269 g/mol. The van der Waals surface area contributed by atoms with Crippen molar-refractivity contribution >= 4 is 11.6 Å². The number of fused-ring (bicyclic) bond motifs is 1. The van der Waals surface area contributed by atoms with Crippen LogP contribution in [0.4, 0.5) is 10.1 Å². The number of anilines is 1. The third-order valence-corrected chi connectivity index (χ3v) is 4.42. The van der Waals surface area contributed by atoms with Crippen LogP contribution in [-0.2, 0) is 4.79 Å². The number of nitrogens with zero attached hydrogens (tertiary/aromatic N) is 1. The van der Waals surface area contributed by atoms with Crippen LogP contribution in [0.2, 0.25) is 0 Å². The predicted octanol–water partition coefficient (Wildman–Crippen LogP) is 2.69. The Hall–Kier alpha value is -1.62. The molecule has 1 aliphatic heterocycles. The first kappa shape index (κ1) is 15.8. The summed E-state index contributed by atoms with van der Waals surface area (Å²) in [6, 6.07) is 4.77. The van der Waals surface area contributed by atoms with Crippen LogP contribution in [0.5, 0.6) is 0 Å². The fourth-order valence-electron chi connectivity index (χ4n) is 3.74. The van der Waals surface area contributed by atoms with Gasteiger partial charge >= 0.3 is 0 Å². The number of hydrogen-bond acceptors (Lipinski definition) is 3. The van der Waals surface area contributed by atoms with E-state index < -0.39 is 5.54 Å². The Kier molecular flexibility index (Phi) is 3.74. The molecular formula is C16H24FN3O. The fourth-order valence-corrected chi connectivity index (χ4v) is 3.74. The normalized spacial score (nSPS) is 20.9. The van der Waals surface area contributed by atoms with E-state index in [-0.39, 0.29) is 23.2 Å². The molecule has 0 aliphatic carbocycles. The van der Waals surface area contributed by atoms with E-state index in [2.05, 4.69) is 31.1 Å². The zero-order valence-electron chi connectivity index (χ0n) is 13.3. The number of nitrogens with one attached hydrogen (secondary N) is 1. The van der Waals surface area contributed by atoms with Crippen molar-refractivity contribution in [1.82, 2.24) is 5.43 Å². The summed E-state index contributed by atoms with van der Waals surface area (Å²) in [7, 11) is 0. The third-order valence-electron chi connectivity index (χ3n) is 4.42. The Morgan fingerprint density at radius 3 is 2.67 bits per heavy atom. The molecule has 0 spiro atoms. The van der Waals surface area contributed by atoms with E-state index in [9.17, 15) is 9.18 Å². The van der Waals surface area contributed by atoms with Crippen LogP contribution in [0.1, 0.15) is 52.5 Å². The number of rotatable bonds is 2. The minimum absolute atomic E-state index is 0.235. The number of halogens is 1. The van der Waals surface area contributed by atoms with Crippen LogP contribution in [0, 0.1) is 5.82 Å². The molecule has 0 fully saturated rings. The monoisotopic (exact) mass is 293 g/mol. The van der Waals surface area contributed by atoms with Gasteiger partial charge in [-0.2, -0.15) is 0 Å². The van der Waals surface area contributed by atoms with Gasteiger partial charge in [0.2, 0.25) is 0 Å². The number of carbonyl (C=O) groups is 1. The van der Waals surface area contributed by atoms with Crippen LogP contribution < -0.4 is 16.2 Å². The van der Waals surface area contributed by atoms with Crippen molar-refractivity contribution in [2.45, 2.75) is 58.0 Å². The number of hydrogen-bond donors (Lipinski definition) is 2. The Labute approximate surface area is 125 Å². The first-order valence-electron chi connectivity index (χ1n) is 7.22. The van der Waals surface area contributed by atoms with Crippen molar-refractivity contribution in [1.29, 1.82) is 0 Å². The van der Waals surface area contributed by atoms with Crippen LogP contribution in [0.15, 0.2) is 18.2 Å². The molecule has 1 amide bonds. The van der Waals surface area contributed by atoms with Gasteiger partial charge in [-0.15, -0.1) is 0 Å². The fraction of sp³-hybridized carbons (Fsp3) is 0.562. The molecule has 4 nitrogen and oxygen atoms in total. The van der Waals surface area contributed by atoms with Crippen LogP contribution in [0.3, 0.4) is 0 Å². The highest BCUT2D eigenvalue weighted by molar-refractivity contribution is 5.89. The van der Waals surface area contributed by atoms with Gasteiger partial charge in [0.15, 0.2) is 0 Å². The molecule has 1 aliphatic rings. The van der Waals surface area contributed by atoms with Gasteiger partial charge in [-0.1, -0.05) is 6.92 Å². The Bertz CT molecular complexity index is 569. The summed E-state index contributed by atoms with van der Waals surface area (Å²) >= 11 is 0. The third kappa shape index (κ3) is 2.50. The van der Waals surface area contributed by atoms with Crippen LogP contribution in [-0.4, -0.2) is 17.0 Å². The Morgan fingerprint density at radius 1 is 1.48 bits per heavy atom. The second kappa shape index (κ2) is 4.98. The molecule has 0 radical (unpaired) electrons. The van der Waals surface area contributed by atoms with E-state index >= 15 is 0 Å². The van der Waals surface area contributed by atoms with Crippen LogP contribution >= 0.6 is 0 Å². The predicted molar refractivity (Wildman–Crippen MR) is 82.4 cm³/mol. The van der Waals surface area contributed by atoms with Gasteiger partial charge in [0.05, 0.1) is 0 Å². The van der Waals surface area contributed by atoms with Gasteiger partial charge < -0.3 is 4.90 Å². The molecule has 1 atom stereocenters. The standard InChI is InChI=1S/C16H24FN3O/c1-10-9-15(2,3)20(16(4,5)14(21)19-18)13-7-6-11(17)8-12(10)13/h6-8,10H,9,18H2,1-5H3,(H,19,21)/t10-/m0/s1. The number of nitrogens with two attached hydrogens (primary N) is 1. The quantitative estimate of drug-likeness (QED) is 0.501. The Morgan fingerprint density at radius 2 is 2.10 bits per heavy atom. The molecule has 21 heavy (non-hydrogen) atoms. The number of carbonyl (C=O) groups excluding carboxylic acids is 1. The summed E-state index contributed by atoms with van der Waals surface area (Å²) in [4.78, 5) is 14.3. The maximum absolute atomic E-state index is 13.6. The van der Waals surface area contributed by atoms with E-state index in [1.165, 1.54) is 6.07 Å². The number of hydrazine groups is 1. The second-order valence-corrected chi connectivity index (χ2v) is 6.99. The Balaban J connectivity index is 2.63. The van der Waals surface area contributed by atoms with Crippen molar-refractivity contribution in [3.8, 4) is 0 Å². The summed E-state index contributed by atoms with van der Waals surface area (Å²) in [6.45, 7) is 9.95. The number of amides is 1. The maximum Gasteiger partial charge on any atom is 0.259 e. The highest BCUT2D eigenvalue weighted by Gasteiger charge is 2.46. The molecule has 0 aromatic heterocycles. The van der Waals surface area contributed by atoms with Crippen LogP contribution in [0.25, 0.3) is 0 Å². The molecule has 3 N–H and O–H groups in total. The van der Waals surface area contributed by atoms with E-state index in [4.69, 9.17) is 5.84 Å². The minimum atomic E-state index is -0.828. The molecule has 2 rings (SSSR count). The van der Waals surface area contributed by atoms with Gasteiger partial charge in [0, 0.05) is 11.2 Å². The van der Waals surface area contributed by atoms with Gasteiger partial charge in [-0.25, -0.2) is 10.2 Å². The first-order valence-corrected chi connectivity index (χ1v) is 7.22. The minimum Gasteiger partial charge on any atom is -0.352 e.